The number of hydrogen-bond acceptors (Lipinski definition) is 1. The van der Waals surface area contributed by atoms with Crippen LogP contribution in [0, 0.1) is 0 Å². The van der Waals surface area contributed by atoms with Crippen LogP contribution in [-0.2, 0) is 4.65 Å². The Morgan fingerprint density at radius 2 is 1.24 bits per heavy atom. The van der Waals surface area contributed by atoms with Gasteiger partial charge in [-0.05, 0) is 52.6 Å². The minimum absolute atomic E-state index is 0.0225. The quantitative estimate of drug-likeness (QED) is 0.217. The van der Waals surface area contributed by atoms with Crippen molar-refractivity contribution in [3.8, 4) is 11.1 Å². The highest BCUT2D eigenvalue weighted by Crippen LogP contribution is 2.36. The van der Waals surface area contributed by atoms with Crippen LogP contribution in [0.25, 0.3) is 32.7 Å². The van der Waals surface area contributed by atoms with Crippen molar-refractivity contribution in [3.05, 3.63) is 78.9 Å². The Balaban J connectivity index is 1.72. The lowest BCUT2D eigenvalue weighted by molar-refractivity contribution is 0.0841. The molecular formula is C26H27BOP. The zero-order valence-corrected chi connectivity index (χ0v) is 18.7. The molecule has 0 aliphatic carbocycles. The van der Waals surface area contributed by atoms with Crippen molar-refractivity contribution in [2.45, 2.75) is 38.5 Å². The van der Waals surface area contributed by atoms with Gasteiger partial charge >= 0.3 is 7.48 Å². The molecule has 145 valence electrons. The van der Waals surface area contributed by atoms with Gasteiger partial charge in [-0.3, -0.25) is 0 Å². The van der Waals surface area contributed by atoms with E-state index in [0.717, 1.165) is 5.46 Å². The van der Waals surface area contributed by atoms with Crippen molar-refractivity contribution >= 4 is 43.7 Å². The lowest BCUT2D eigenvalue weighted by Gasteiger charge is -2.39. The van der Waals surface area contributed by atoms with Crippen molar-refractivity contribution in [2.75, 3.05) is 0 Å². The number of rotatable bonds is 5. The van der Waals surface area contributed by atoms with Gasteiger partial charge in [0.05, 0.1) is 5.60 Å². The van der Waals surface area contributed by atoms with E-state index in [1.54, 1.807) is 0 Å². The van der Waals surface area contributed by atoms with Crippen molar-refractivity contribution in [3.63, 3.8) is 0 Å². The summed E-state index contributed by atoms with van der Waals surface area (Å²) in [4.78, 5) is 0. The molecule has 0 aliphatic rings. The highest BCUT2D eigenvalue weighted by atomic mass is 31.0. The maximum atomic E-state index is 6.12. The standard InChI is InChI=1S/C26H27BOP/c1-25(2,26(3,4)29)28-27-21-15-13-18(14-16-21)24-22-11-7-5-9-19(22)17-20-10-6-8-12-23(20)24/h5-17H,29H2,1-4H3. The smallest absolute Gasteiger partial charge is 0.330 e. The second-order valence-electron chi connectivity index (χ2n) is 8.78. The third-order valence-electron chi connectivity index (χ3n) is 6.01. The van der Waals surface area contributed by atoms with Crippen LogP contribution in [0.2, 0.25) is 0 Å². The molecule has 0 aromatic heterocycles. The first-order chi connectivity index (χ1) is 13.8. The summed E-state index contributed by atoms with van der Waals surface area (Å²) in [5.41, 5.74) is 3.31. The van der Waals surface area contributed by atoms with Gasteiger partial charge in [-0.1, -0.05) is 92.1 Å². The summed E-state index contributed by atoms with van der Waals surface area (Å²) in [6.07, 6.45) is 0. The average molecular weight is 397 g/mol. The molecule has 0 heterocycles. The van der Waals surface area contributed by atoms with Crippen LogP contribution >= 0.6 is 9.24 Å². The van der Waals surface area contributed by atoms with Gasteiger partial charge in [0.15, 0.2) is 0 Å². The number of fused-ring (bicyclic) bond motifs is 2. The van der Waals surface area contributed by atoms with E-state index in [-0.39, 0.29) is 10.8 Å². The second kappa shape index (κ2) is 7.60. The summed E-state index contributed by atoms with van der Waals surface area (Å²) in [5, 5.41) is 5.08. The van der Waals surface area contributed by atoms with Gasteiger partial charge < -0.3 is 4.65 Å². The molecule has 0 bridgehead atoms. The lowest BCUT2D eigenvalue weighted by Crippen LogP contribution is -2.45. The summed E-state index contributed by atoms with van der Waals surface area (Å²) in [6.45, 7) is 8.57. The van der Waals surface area contributed by atoms with E-state index < -0.39 is 0 Å². The van der Waals surface area contributed by atoms with Gasteiger partial charge in [0.1, 0.15) is 0 Å². The maximum Gasteiger partial charge on any atom is 0.330 e. The summed E-state index contributed by atoms with van der Waals surface area (Å²) < 4.78 is 6.12. The van der Waals surface area contributed by atoms with E-state index in [1.165, 1.54) is 32.7 Å². The predicted molar refractivity (Wildman–Crippen MR) is 131 cm³/mol. The Bertz CT molecular complexity index is 1100. The fourth-order valence-electron chi connectivity index (χ4n) is 3.42. The number of hydrogen-bond donors (Lipinski definition) is 0. The molecule has 0 fully saturated rings. The molecule has 4 aromatic rings. The molecule has 0 amide bonds. The monoisotopic (exact) mass is 397 g/mol. The van der Waals surface area contributed by atoms with E-state index in [2.05, 4.69) is 116 Å². The van der Waals surface area contributed by atoms with Gasteiger partial charge in [-0.2, -0.15) is 0 Å². The van der Waals surface area contributed by atoms with Crippen LogP contribution in [0.3, 0.4) is 0 Å². The Morgan fingerprint density at radius 1 is 0.724 bits per heavy atom. The van der Waals surface area contributed by atoms with Crippen LogP contribution in [0.15, 0.2) is 78.9 Å². The highest BCUT2D eigenvalue weighted by molar-refractivity contribution is 7.19. The molecule has 4 rings (SSSR count). The van der Waals surface area contributed by atoms with E-state index in [4.69, 9.17) is 4.65 Å². The molecular weight excluding hydrogens is 370 g/mol. The molecule has 3 heteroatoms. The van der Waals surface area contributed by atoms with Crippen LogP contribution in [-0.4, -0.2) is 18.2 Å². The third-order valence-corrected chi connectivity index (χ3v) is 6.71. The van der Waals surface area contributed by atoms with E-state index in [9.17, 15) is 0 Å². The van der Waals surface area contributed by atoms with Crippen LogP contribution in [0.1, 0.15) is 27.7 Å². The lowest BCUT2D eigenvalue weighted by atomic mass is 9.83. The van der Waals surface area contributed by atoms with Gasteiger partial charge in [0, 0.05) is 5.16 Å². The Kier molecular flexibility index (Phi) is 5.28. The summed E-state index contributed by atoms with van der Waals surface area (Å²) in [5.74, 6) is 0. The maximum absolute atomic E-state index is 6.12. The van der Waals surface area contributed by atoms with E-state index in [0.29, 0.717) is 0 Å². The minimum atomic E-state index is -0.276. The fourth-order valence-corrected chi connectivity index (χ4v) is 3.49. The van der Waals surface area contributed by atoms with Gasteiger partial charge in [-0.25, -0.2) is 0 Å². The Labute approximate surface area is 177 Å². The molecule has 4 aromatic carbocycles. The van der Waals surface area contributed by atoms with Crippen molar-refractivity contribution < 1.29 is 4.65 Å². The summed E-state index contributed by atoms with van der Waals surface area (Å²) in [7, 11) is 4.75. The molecule has 1 atom stereocenters. The third kappa shape index (κ3) is 3.97. The molecule has 0 saturated heterocycles. The fraction of sp³-hybridized carbons (Fsp3) is 0.231. The Hall–Kier alpha value is -2.15. The molecule has 1 nitrogen and oxygen atoms in total. The molecule has 1 radical (unpaired) electrons. The summed E-state index contributed by atoms with van der Waals surface area (Å²) in [6, 6.07) is 28.2. The predicted octanol–water partition coefficient (Wildman–Crippen LogP) is 6.35. The first kappa shape index (κ1) is 20.1. The summed E-state index contributed by atoms with van der Waals surface area (Å²) >= 11 is 0. The highest BCUT2D eigenvalue weighted by Gasteiger charge is 2.33. The van der Waals surface area contributed by atoms with Crippen LogP contribution in [0.4, 0.5) is 0 Å². The minimum Gasteiger partial charge on any atom is -0.429 e. The zero-order valence-electron chi connectivity index (χ0n) is 17.6. The van der Waals surface area contributed by atoms with Crippen molar-refractivity contribution in [1.82, 2.24) is 0 Å². The Morgan fingerprint density at radius 3 is 1.76 bits per heavy atom. The molecule has 0 aliphatic heterocycles. The topological polar surface area (TPSA) is 9.23 Å². The molecule has 0 spiro atoms. The first-order valence-corrected chi connectivity index (χ1v) is 10.6. The van der Waals surface area contributed by atoms with Gasteiger partial charge in [0.25, 0.3) is 0 Å². The number of benzene rings is 4. The van der Waals surface area contributed by atoms with Gasteiger partial charge in [0.2, 0.25) is 0 Å². The molecule has 0 saturated carbocycles. The average Bonchev–Trinajstić information content (AvgIpc) is 2.70. The van der Waals surface area contributed by atoms with Gasteiger partial charge in [-0.15, -0.1) is 9.24 Å². The first-order valence-electron chi connectivity index (χ1n) is 10.1. The normalized spacial score (nSPS) is 12.4. The van der Waals surface area contributed by atoms with E-state index >= 15 is 0 Å². The SMILES string of the molecule is CC(C)(P)C(C)(C)O[B]c1ccc(-c2c3ccccc3cc3ccccc23)cc1. The van der Waals surface area contributed by atoms with Crippen LogP contribution < -0.4 is 5.46 Å². The van der Waals surface area contributed by atoms with E-state index in [1.807, 2.05) is 7.48 Å². The molecule has 0 N–H and O–H groups in total. The van der Waals surface area contributed by atoms with Crippen molar-refractivity contribution in [1.29, 1.82) is 0 Å². The zero-order chi connectivity index (χ0) is 20.6. The molecule has 29 heavy (non-hydrogen) atoms. The largest absolute Gasteiger partial charge is 0.429 e. The van der Waals surface area contributed by atoms with Crippen molar-refractivity contribution in [2.24, 2.45) is 0 Å². The van der Waals surface area contributed by atoms with Crippen LogP contribution in [0.5, 0.6) is 0 Å². The second-order valence-corrected chi connectivity index (χ2v) is 10.2. The molecule has 1 unspecified atom stereocenters.